The lowest BCUT2D eigenvalue weighted by Gasteiger charge is -2.12. The highest BCUT2D eigenvalue weighted by molar-refractivity contribution is 14.1. The Morgan fingerprint density at radius 3 is 2.80 bits per heavy atom. The van der Waals surface area contributed by atoms with Crippen molar-refractivity contribution in [3.05, 3.63) is 12.3 Å². The van der Waals surface area contributed by atoms with Gasteiger partial charge in [0.1, 0.15) is 5.82 Å². The second-order valence-corrected chi connectivity index (χ2v) is 2.89. The van der Waals surface area contributed by atoms with Gasteiger partial charge in [0.2, 0.25) is 0 Å². The Morgan fingerprint density at radius 1 is 1.70 bits per heavy atom. The van der Waals surface area contributed by atoms with E-state index in [1.165, 1.54) is 0 Å². The molecule has 0 aliphatic rings. The molecule has 0 saturated carbocycles. The van der Waals surface area contributed by atoms with E-state index in [9.17, 15) is 0 Å². The smallest absolute Gasteiger partial charge is 0.127 e. The van der Waals surface area contributed by atoms with E-state index in [1.807, 2.05) is 35.9 Å². The van der Waals surface area contributed by atoms with Crippen molar-refractivity contribution in [3.8, 4) is 0 Å². The molecule has 1 heterocycles. The second-order valence-electron chi connectivity index (χ2n) is 2.20. The highest BCUT2D eigenvalue weighted by atomic mass is 127. The van der Waals surface area contributed by atoms with Crippen LogP contribution in [0.15, 0.2) is 12.3 Å². The van der Waals surface area contributed by atoms with Crippen LogP contribution in [0.5, 0.6) is 0 Å². The van der Waals surface area contributed by atoms with Crippen molar-refractivity contribution >= 4 is 28.4 Å². The number of halogens is 1. The van der Waals surface area contributed by atoms with Gasteiger partial charge in [-0.1, -0.05) is 22.6 Å². The lowest BCUT2D eigenvalue weighted by molar-refractivity contribution is 0.755. The summed E-state index contributed by atoms with van der Waals surface area (Å²) < 4.78 is 2.85. The number of alkyl halides is 1. The predicted octanol–water partition coefficient (Wildman–Crippen LogP) is 1.34. The summed E-state index contributed by atoms with van der Waals surface area (Å²) in [5.41, 5.74) is 0. The SMILES string of the molecule is CN(C)c1ccnn1CI. The van der Waals surface area contributed by atoms with Crippen LogP contribution in [0.1, 0.15) is 0 Å². The van der Waals surface area contributed by atoms with Gasteiger partial charge in [0, 0.05) is 20.2 Å². The topological polar surface area (TPSA) is 21.1 Å². The van der Waals surface area contributed by atoms with E-state index in [4.69, 9.17) is 0 Å². The summed E-state index contributed by atoms with van der Waals surface area (Å²) in [6.07, 6.45) is 1.81. The Balaban J connectivity index is 2.90. The zero-order valence-electron chi connectivity index (χ0n) is 6.08. The Bertz CT molecular complexity index is 207. The van der Waals surface area contributed by atoms with Gasteiger partial charge < -0.3 is 4.90 Å². The third-order valence-electron chi connectivity index (χ3n) is 1.27. The molecule has 0 saturated heterocycles. The van der Waals surface area contributed by atoms with Crippen molar-refractivity contribution < 1.29 is 0 Å². The second kappa shape index (κ2) is 3.23. The van der Waals surface area contributed by atoms with Crippen molar-refractivity contribution in [2.24, 2.45) is 0 Å². The number of rotatable bonds is 2. The molecule has 1 aromatic heterocycles. The van der Waals surface area contributed by atoms with Crippen LogP contribution in [-0.2, 0) is 4.55 Å². The van der Waals surface area contributed by atoms with Gasteiger partial charge in [0.05, 0.1) is 10.7 Å². The molecule has 0 spiro atoms. The van der Waals surface area contributed by atoms with E-state index in [1.54, 1.807) is 0 Å². The van der Waals surface area contributed by atoms with E-state index < -0.39 is 0 Å². The Morgan fingerprint density at radius 2 is 2.40 bits per heavy atom. The van der Waals surface area contributed by atoms with Crippen LogP contribution in [0, 0.1) is 0 Å². The van der Waals surface area contributed by atoms with E-state index in [0.29, 0.717) is 0 Å². The minimum atomic E-state index is 0.901. The van der Waals surface area contributed by atoms with Gasteiger partial charge in [-0.3, -0.25) is 0 Å². The molecule has 0 atom stereocenters. The quantitative estimate of drug-likeness (QED) is 0.584. The van der Waals surface area contributed by atoms with Gasteiger partial charge in [0.15, 0.2) is 0 Å². The fraction of sp³-hybridized carbons (Fsp3) is 0.500. The van der Waals surface area contributed by atoms with Crippen LogP contribution in [0.2, 0.25) is 0 Å². The Hall–Kier alpha value is -0.260. The molecule has 0 unspecified atom stereocenters. The molecule has 0 aromatic carbocycles. The molecule has 4 heteroatoms. The molecule has 0 amide bonds. The van der Waals surface area contributed by atoms with Crippen LogP contribution in [-0.4, -0.2) is 23.9 Å². The van der Waals surface area contributed by atoms with Crippen LogP contribution in [0.4, 0.5) is 5.82 Å². The summed E-state index contributed by atoms with van der Waals surface area (Å²) >= 11 is 2.28. The van der Waals surface area contributed by atoms with E-state index in [2.05, 4.69) is 27.7 Å². The zero-order valence-corrected chi connectivity index (χ0v) is 8.24. The molecular weight excluding hydrogens is 241 g/mol. The van der Waals surface area contributed by atoms with Crippen LogP contribution >= 0.6 is 22.6 Å². The maximum absolute atomic E-state index is 4.12. The summed E-state index contributed by atoms with van der Waals surface area (Å²) in [6.45, 7) is 0. The van der Waals surface area contributed by atoms with Crippen LogP contribution in [0.25, 0.3) is 0 Å². The average Bonchev–Trinajstić information content (AvgIpc) is 2.33. The average molecular weight is 251 g/mol. The molecule has 56 valence electrons. The molecule has 0 N–H and O–H groups in total. The van der Waals surface area contributed by atoms with Crippen molar-refractivity contribution in [2.45, 2.75) is 4.55 Å². The lowest BCUT2D eigenvalue weighted by Crippen LogP contribution is -2.13. The van der Waals surface area contributed by atoms with Gasteiger partial charge in [-0.05, 0) is 0 Å². The Labute approximate surface area is 74.2 Å². The summed E-state index contributed by atoms with van der Waals surface area (Å²) in [6, 6.07) is 2.00. The van der Waals surface area contributed by atoms with Gasteiger partial charge in [-0.15, -0.1) is 0 Å². The standard InChI is InChI=1S/C6H10IN3/c1-9(2)6-3-4-8-10(6)5-7/h3-4H,5H2,1-2H3. The molecule has 1 rings (SSSR count). The fourth-order valence-corrected chi connectivity index (χ4v) is 1.32. The number of anilines is 1. The largest absolute Gasteiger partial charge is 0.363 e. The first-order valence-corrected chi connectivity index (χ1v) is 4.53. The molecule has 10 heavy (non-hydrogen) atoms. The number of hydrogen-bond donors (Lipinski definition) is 0. The number of aromatic nitrogens is 2. The maximum Gasteiger partial charge on any atom is 0.127 e. The van der Waals surface area contributed by atoms with Crippen molar-refractivity contribution in [1.82, 2.24) is 9.78 Å². The van der Waals surface area contributed by atoms with Crippen molar-refractivity contribution in [3.63, 3.8) is 0 Å². The molecule has 3 nitrogen and oxygen atoms in total. The molecule has 0 radical (unpaired) electrons. The monoisotopic (exact) mass is 251 g/mol. The predicted molar refractivity (Wildman–Crippen MR) is 50.6 cm³/mol. The summed E-state index contributed by atoms with van der Waals surface area (Å²) in [5.74, 6) is 1.15. The van der Waals surface area contributed by atoms with Crippen molar-refractivity contribution in [2.75, 3.05) is 19.0 Å². The molecule has 0 aliphatic heterocycles. The van der Waals surface area contributed by atoms with E-state index in [-0.39, 0.29) is 0 Å². The summed E-state index contributed by atoms with van der Waals surface area (Å²) in [7, 11) is 4.03. The maximum atomic E-state index is 4.12. The molecule has 0 aliphatic carbocycles. The lowest BCUT2D eigenvalue weighted by atomic mass is 10.6. The summed E-state index contributed by atoms with van der Waals surface area (Å²) in [5, 5.41) is 4.12. The Kier molecular flexibility index (Phi) is 2.53. The first kappa shape index (κ1) is 7.84. The molecular formula is C6H10IN3. The molecule has 0 bridgehead atoms. The normalized spacial score (nSPS) is 9.90. The first-order valence-electron chi connectivity index (χ1n) is 3.01. The van der Waals surface area contributed by atoms with Crippen LogP contribution < -0.4 is 4.90 Å². The highest BCUT2D eigenvalue weighted by Crippen LogP contribution is 2.10. The summed E-state index contributed by atoms with van der Waals surface area (Å²) in [4.78, 5) is 2.05. The minimum absolute atomic E-state index is 0.901. The fourth-order valence-electron chi connectivity index (χ4n) is 0.798. The molecule has 1 aromatic rings. The van der Waals surface area contributed by atoms with Gasteiger partial charge in [-0.2, -0.15) is 5.10 Å². The minimum Gasteiger partial charge on any atom is -0.363 e. The third-order valence-corrected chi connectivity index (χ3v) is 1.91. The van der Waals surface area contributed by atoms with Gasteiger partial charge in [0.25, 0.3) is 0 Å². The van der Waals surface area contributed by atoms with Crippen LogP contribution in [0.3, 0.4) is 0 Å². The van der Waals surface area contributed by atoms with Gasteiger partial charge in [-0.25, -0.2) is 4.68 Å². The molecule has 0 fully saturated rings. The zero-order chi connectivity index (χ0) is 7.56. The number of nitrogens with zero attached hydrogens (tertiary/aromatic N) is 3. The van der Waals surface area contributed by atoms with E-state index in [0.717, 1.165) is 10.4 Å². The van der Waals surface area contributed by atoms with Crippen molar-refractivity contribution in [1.29, 1.82) is 0 Å². The van der Waals surface area contributed by atoms with Gasteiger partial charge >= 0.3 is 0 Å². The van der Waals surface area contributed by atoms with E-state index >= 15 is 0 Å². The number of hydrogen-bond acceptors (Lipinski definition) is 2. The third kappa shape index (κ3) is 1.42. The first-order chi connectivity index (χ1) is 4.75. The highest BCUT2D eigenvalue weighted by Gasteiger charge is 2.00.